The maximum absolute atomic E-state index is 13.2. The number of sulfonamides is 1. The third-order valence-corrected chi connectivity index (χ3v) is 6.15. The van der Waals surface area contributed by atoms with E-state index < -0.39 is 16.0 Å². The van der Waals surface area contributed by atoms with E-state index in [1.54, 1.807) is 24.3 Å². The van der Waals surface area contributed by atoms with Crippen LogP contribution in [-0.4, -0.2) is 33.1 Å². The Bertz CT molecular complexity index is 887. The zero-order chi connectivity index (χ0) is 19.3. The van der Waals surface area contributed by atoms with Crippen LogP contribution in [0.4, 0.5) is 5.69 Å². The van der Waals surface area contributed by atoms with E-state index in [0.717, 1.165) is 8.78 Å². The van der Waals surface area contributed by atoms with E-state index in [1.165, 1.54) is 25.3 Å². The minimum absolute atomic E-state index is 0.0264. The number of nitrogens with zero attached hydrogens (tertiary/aromatic N) is 1. The molecule has 2 rings (SSSR count). The molecule has 26 heavy (non-hydrogen) atoms. The van der Waals surface area contributed by atoms with Gasteiger partial charge < -0.3 is 9.84 Å². The highest BCUT2D eigenvalue weighted by Gasteiger charge is 2.27. The summed E-state index contributed by atoms with van der Waals surface area (Å²) in [5.74, 6) is -0.672. The van der Waals surface area contributed by atoms with Gasteiger partial charge in [0.25, 0.3) is 10.0 Å². The fraction of sp³-hybridized carbons (Fsp3) is 0.235. The average Bonchev–Trinajstić information content (AvgIpc) is 2.58. The van der Waals surface area contributed by atoms with Crippen LogP contribution in [0.15, 0.2) is 51.8 Å². The van der Waals surface area contributed by atoms with Crippen LogP contribution in [0.1, 0.15) is 12.8 Å². The van der Waals surface area contributed by atoms with E-state index >= 15 is 0 Å². The Morgan fingerprint density at radius 1 is 1.23 bits per heavy atom. The van der Waals surface area contributed by atoms with E-state index in [0.29, 0.717) is 10.8 Å². The Labute approximate surface area is 165 Å². The van der Waals surface area contributed by atoms with Gasteiger partial charge in [-0.2, -0.15) is 0 Å². The minimum Gasteiger partial charge on any atom is -0.495 e. The first-order chi connectivity index (χ1) is 12.3. The Balaban J connectivity index is 2.51. The van der Waals surface area contributed by atoms with E-state index in [4.69, 9.17) is 21.4 Å². The number of anilines is 1. The Hall–Kier alpha value is -1.77. The van der Waals surface area contributed by atoms with Crippen molar-refractivity contribution in [3.8, 4) is 5.75 Å². The summed E-state index contributed by atoms with van der Waals surface area (Å²) in [6.07, 6.45) is -0.0179. The first-order valence-electron chi connectivity index (χ1n) is 7.59. The number of methoxy groups -OCH3 is 1. The molecule has 0 saturated carbocycles. The van der Waals surface area contributed by atoms with Crippen LogP contribution in [0, 0.1) is 0 Å². The summed E-state index contributed by atoms with van der Waals surface area (Å²) in [7, 11) is -2.51. The molecule has 0 spiro atoms. The molecule has 0 unspecified atom stereocenters. The number of hydrogen-bond donors (Lipinski definition) is 1. The smallest absolute Gasteiger partial charge is 0.303 e. The van der Waals surface area contributed by atoms with Gasteiger partial charge in [0.15, 0.2) is 0 Å². The molecule has 0 atom stereocenters. The van der Waals surface area contributed by atoms with Crippen molar-refractivity contribution < 1.29 is 23.1 Å². The lowest BCUT2D eigenvalue weighted by molar-refractivity contribution is -0.137. The highest BCUT2D eigenvalue weighted by molar-refractivity contribution is 9.10. The second-order valence-corrected chi connectivity index (χ2v) is 8.56. The number of carboxylic acids is 1. The van der Waals surface area contributed by atoms with Crippen molar-refractivity contribution in [2.24, 2.45) is 0 Å². The zero-order valence-corrected chi connectivity index (χ0v) is 17.0. The molecule has 0 heterocycles. The van der Waals surface area contributed by atoms with Crippen molar-refractivity contribution in [3.05, 3.63) is 52.0 Å². The number of carbonyl (C=O) groups is 1. The van der Waals surface area contributed by atoms with Crippen LogP contribution in [-0.2, 0) is 14.8 Å². The summed E-state index contributed by atoms with van der Waals surface area (Å²) < 4.78 is 33.5. The van der Waals surface area contributed by atoms with Crippen LogP contribution in [0.25, 0.3) is 0 Å². The van der Waals surface area contributed by atoms with Gasteiger partial charge in [0.2, 0.25) is 0 Å². The first kappa shape index (κ1) is 20.5. The number of rotatable bonds is 8. The van der Waals surface area contributed by atoms with Crippen molar-refractivity contribution in [1.29, 1.82) is 0 Å². The summed E-state index contributed by atoms with van der Waals surface area (Å²) in [6.45, 7) is -0.0264. The van der Waals surface area contributed by atoms with Crippen LogP contribution >= 0.6 is 27.5 Å². The zero-order valence-electron chi connectivity index (χ0n) is 13.9. The maximum atomic E-state index is 13.2. The number of hydrogen-bond acceptors (Lipinski definition) is 4. The van der Waals surface area contributed by atoms with E-state index in [1.807, 2.05) is 0 Å². The van der Waals surface area contributed by atoms with Gasteiger partial charge in [-0.05, 0) is 48.9 Å². The maximum Gasteiger partial charge on any atom is 0.303 e. The molecule has 0 aromatic heterocycles. The Morgan fingerprint density at radius 3 is 2.46 bits per heavy atom. The highest BCUT2D eigenvalue weighted by atomic mass is 79.9. The average molecular weight is 463 g/mol. The molecule has 9 heteroatoms. The third-order valence-electron chi connectivity index (χ3n) is 3.56. The number of aliphatic carboxylic acids is 1. The number of halogens is 2. The van der Waals surface area contributed by atoms with Crippen molar-refractivity contribution in [2.75, 3.05) is 18.0 Å². The van der Waals surface area contributed by atoms with Gasteiger partial charge in [0, 0.05) is 22.5 Å². The standard InChI is InChI=1S/C17H17BrClNO5S/c1-25-16-9-6-13(19)11-15(16)20(10-2-3-17(21)22)26(23,24)14-7-4-12(18)5-8-14/h4-9,11H,2-3,10H2,1H3,(H,21,22). The number of benzene rings is 2. The molecule has 140 valence electrons. The summed E-state index contributed by atoms with van der Waals surface area (Å²) in [4.78, 5) is 10.9. The molecule has 1 N–H and O–H groups in total. The normalized spacial score (nSPS) is 11.2. The van der Waals surface area contributed by atoms with Gasteiger partial charge >= 0.3 is 5.97 Å². The molecule has 0 radical (unpaired) electrons. The second kappa shape index (κ2) is 8.75. The van der Waals surface area contributed by atoms with Gasteiger partial charge in [0.05, 0.1) is 17.7 Å². The molecule has 0 amide bonds. The molecule has 2 aromatic rings. The molecule has 2 aromatic carbocycles. The summed E-state index contributed by atoms with van der Waals surface area (Å²) >= 11 is 9.32. The van der Waals surface area contributed by atoms with Gasteiger partial charge in [-0.1, -0.05) is 27.5 Å². The molecule has 0 saturated heterocycles. The summed E-state index contributed by atoms with van der Waals surface area (Å²) in [5.41, 5.74) is 0.258. The quantitative estimate of drug-likeness (QED) is 0.636. The van der Waals surface area contributed by atoms with Crippen molar-refractivity contribution in [1.82, 2.24) is 0 Å². The number of ether oxygens (including phenoxy) is 1. The van der Waals surface area contributed by atoms with E-state index in [-0.39, 0.29) is 30.0 Å². The Morgan fingerprint density at radius 2 is 1.88 bits per heavy atom. The SMILES string of the molecule is COc1ccc(Cl)cc1N(CCCC(=O)O)S(=O)(=O)c1ccc(Br)cc1. The van der Waals surface area contributed by atoms with Crippen molar-refractivity contribution >= 4 is 49.2 Å². The second-order valence-electron chi connectivity index (χ2n) is 5.34. The van der Waals surface area contributed by atoms with Crippen LogP contribution in [0.5, 0.6) is 5.75 Å². The lowest BCUT2D eigenvalue weighted by Crippen LogP contribution is -2.32. The molecule has 0 aliphatic heterocycles. The molecule has 0 aliphatic carbocycles. The first-order valence-corrected chi connectivity index (χ1v) is 10.2. The molecule has 0 bridgehead atoms. The highest BCUT2D eigenvalue weighted by Crippen LogP contribution is 2.35. The van der Waals surface area contributed by atoms with Crippen LogP contribution < -0.4 is 9.04 Å². The molecular weight excluding hydrogens is 446 g/mol. The van der Waals surface area contributed by atoms with E-state index in [2.05, 4.69) is 15.9 Å². The van der Waals surface area contributed by atoms with Crippen molar-refractivity contribution in [2.45, 2.75) is 17.7 Å². The van der Waals surface area contributed by atoms with Crippen molar-refractivity contribution in [3.63, 3.8) is 0 Å². The molecule has 0 aliphatic rings. The Kier molecular flexibility index (Phi) is 6.91. The lowest BCUT2D eigenvalue weighted by Gasteiger charge is -2.26. The monoisotopic (exact) mass is 461 g/mol. The number of carboxylic acid groups (broad SMARTS) is 1. The topological polar surface area (TPSA) is 83.9 Å². The van der Waals surface area contributed by atoms with Crippen LogP contribution in [0.3, 0.4) is 0 Å². The van der Waals surface area contributed by atoms with Gasteiger partial charge in [-0.3, -0.25) is 9.10 Å². The predicted molar refractivity (Wildman–Crippen MR) is 104 cm³/mol. The summed E-state index contributed by atoms with van der Waals surface area (Å²) in [6, 6.07) is 10.8. The minimum atomic E-state index is -3.94. The van der Waals surface area contributed by atoms with E-state index in [9.17, 15) is 13.2 Å². The summed E-state index contributed by atoms with van der Waals surface area (Å²) in [5, 5.41) is 9.22. The van der Waals surface area contributed by atoms with Gasteiger partial charge in [-0.15, -0.1) is 0 Å². The predicted octanol–water partition coefficient (Wildman–Crippen LogP) is 4.17. The van der Waals surface area contributed by atoms with Gasteiger partial charge in [0.1, 0.15) is 5.75 Å². The largest absolute Gasteiger partial charge is 0.495 e. The molecule has 6 nitrogen and oxygen atoms in total. The fourth-order valence-corrected chi connectivity index (χ4v) is 4.27. The fourth-order valence-electron chi connectivity index (χ4n) is 2.34. The van der Waals surface area contributed by atoms with Gasteiger partial charge in [-0.25, -0.2) is 8.42 Å². The van der Waals surface area contributed by atoms with Crippen LogP contribution in [0.2, 0.25) is 5.02 Å². The third kappa shape index (κ3) is 4.90. The molecular formula is C17H17BrClNO5S. The molecule has 0 fully saturated rings. The lowest BCUT2D eigenvalue weighted by atomic mass is 10.2.